The number of nitrogens with one attached hydrogen (secondary N) is 1. The van der Waals surface area contributed by atoms with Crippen molar-refractivity contribution >= 4 is 109 Å². The first kappa shape index (κ1) is 108. The second kappa shape index (κ2) is 44.6. The summed E-state index contributed by atoms with van der Waals surface area (Å²) in [7, 11) is 3.48. The first-order valence-corrected chi connectivity index (χ1v) is 60.2. The van der Waals surface area contributed by atoms with Crippen molar-refractivity contribution in [3.05, 3.63) is 121 Å². The quantitative estimate of drug-likeness (QED) is 0.0385. The molecule has 10 heterocycles. The third-order valence-electron chi connectivity index (χ3n) is 22.8. The van der Waals surface area contributed by atoms with Gasteiger partial charge in [0.1, 0.15) is 119 Å². The van der Waals surface area contributed by atoms with Crippen LogP contribution >= 0.6 is 34.4 Å². The van der Waals surface area contributed by atoms with Gasteiger partial charge >= 0.3 is 0 Å². The maximum Gasteiger partial charge on any atom is 0.222 e. The predicted molar refractivity (Wildman–Crippen MR) is 525 cm³/mol. The van der Waals surface area contributed by atoms with E-state index in [-0.39, 0.29) is 29.5 Å². The van der Waals surface area contributed by atoms with Crippen LogP contribution in [0.5, 0.6) is 0 Å². The molecule has 0 aromatic rings. The van der Waals surface area contributed by atoms with Crippen molar-refractivity contribution in [3.63, 3.8) is 0 Å². The highest BCUT2D eigenvalue weighted by molar-refractivity contribution is 7.73. The van der Waals surface area contributed by atoms with Gasteiger partial charge < -0.3 is 136 Å². The molecule has 10 rings (SSSR count). The maximum absolute atomic E-state index is 11.3. The van der Waals surface area contributed by atoms with Crippen LogP contribution in [-0.2, 0) is 37.6 Å². The van der Waals surface area contributed by atoms with E-state index < -0.39 is 159 Å². The number of nitrogens with zero attached hydrogens (tertiary/aromatic N) is 11. The minimum Gasteiger partial charge on any atom is -0.412 e. The van der Waals surface area contributed by atoms with Crippen molar-refractivity contribution < 1.29 is 88.7 Å². The Labute approximate surface area is 745 Å². The van der Waals surface area contributed by atoms with Crippen LogP contribution in [0.2, 0.25) is 18.1 Å². The summed E-state index contributed by atoms with van der Waals surface area (Å²) in [5, 5.41) is 106. The number of hydrogen-bond donors (Lipinski definition) is 14. The van der Waals surface area contributed by atoms with Gasteiger partial charge in [-0.2, -0.15) is 0 Å². The molecule has 33 nitrogen and oxygen atoms in total. The number of aliphatic imine (C=N–C) groups is 5. The standard InChI is InChI=1S/C21H40N3O4PSi.C18H30N3O4P.C17H30N3O3P.C15H26N3O4P.C15H26N3O3P/c1-14-23-19(22)15(13-27-30(8,9)21(2,3)4)12-24(14)20-18(26)17(25)16(28-20)10-11-29(5,6)7;1-7-13-10-21(11(2)19-17(13)20-12(3)22)18-16(24)15(23)14(25-18)8-9-26(4,5)6;1-12-18-14(19(2)3)8-10-20(12)17-16(22-4)15(21)13(23-17)9-11-24(5,6)7;1-9-17-14(16)10(8-19)7-18(9)15-13(21)12(20)11(22-15)5-6-23(2,3)4;1-9-8-18(10(2)17-14(9)16)15-13(20)12(19)11(21-15)6-7-22(3,4)5/h12,16-18,20,25-26H,1,5,10-11,13H2,2-4,6-9H3,(H2,22,23);10,14-16,18,23-24H,2,4,7-9H2,1,3,5-6H3,(H,19,20,22);8,10,13,15-17,21H,1,5,9,11H2,2-4,6-7H3;7,11-13,15,19-21H,1-2,5-6,8H2,3-4H3,(H2,16,17);8,11-13,15,19-20H,2-3,6-7H2,1,4-5H3,(H2,16,17)/t16-,17-,18-,20?;14-,15-,16-,18?;13-,15-,16-,17?;2*11-,12-,13-,15?/m11111/s1. The molecule has 20 atom stereocenters. The molecule has 0 radical (unpaired) electrons. The number of rotatable bonds is 26. The number of aliphatic hydroxyl groups excluding tert-OH is 10. The van der Waals surface area contributed by atoms with Gasteiger partial charge in [0.15, 0.2) is 39.5 Å². The largest absolute Gasteiger partial charge is 0.412 e. The third-order valence-corrected chi connectivity index (χ3v) is 34.6. The van der Waals surface area contributed by atoms with E-state index in [4.69, 9.17) is 50.0 Å². The molecule has 0 spiro atoms. The number of ether oxygens (including phenoxy) is 6. The Morgan fingerprint density at radius 3 is 1.13 bits per heavy atom. The second-order valence-corrected chi connectivity index (χ2v) is 64.9. The molecule has 0 aromatic heterocycles. The zero-order valence-corrected chi connectivity index (χ0v) is 83.4. The molecule has 708 valence electrons. The number of likely N-dealkylation sites (N-methyl/N-ethyl adjacent to an activating group) is 1. The van der Waals surface area contributed by atoms with Gasteiger partial charge in [0.25, 0.3) is 0 Å². The van der Waals surface area contributed by atoms with Crippen molar-refractivity contribution in [2.24, 2.45) is 42.2 Å². The minimum atomic E-state index is -1.97. The first-order chi connectivity index (χ1) is 57.4. The van der Waals surface area contributed by atoms with E-state index in [1.54, 1.807) is 46.6 Å². The van der Waals surface area contributed by atoms with Crippen LogP contribution in [0.1, 0.15) is 80.1 Å². The molecule has 10 aliphatic heterocycles. The SMILES string of the molecule is C=C1N=C(N(C)C)C=CN1C1O[C@H](CCP(=C)(C)C)[C@@H](O)[C@H]1OC.C=C1N=C(N)C(C)=CN1C1O[C@H](CCP(=C)(C)C)[C@@H](O)[C@H]1O.C=C1N=C(N)C(CO)=CN1C1O[C@H](CCP(=C)(C)C)[C@@H](O)[C@H]1O.C=C1N=C(N)C(CO[Si](C)(C)C(C)(C)C)=CN1C1O[C@H](CCP(=C)(C)C)[C@@H](O)[C@H]1O.C=C1N=C(NC(C)=O)C(CC)=CN1C1O[C@H](CCP(=C)(C)C)[C@@H](O)[C@H]1O. The molecule has 5 fully saturated rings. The Bertz CT molecular complexity index is 4450. The lowest BCUT2D eigenvalue weighted by Crippen LogP contribution is -2.44. The van der Waals surface area contributed by atoms with Gasteiger partial charge in [0, 0.05) is 81.4 Å². The molecule has 0 bridgehead atoms. The van der Waals surface area contributed by atoms with Crippen LogP contribution in [0.15, 0.2) is 146 Å². The number of methoxy groups -OCH3 is 1. The number of hydrogen-bond acceptors (Lipinski definition) is 32. The highest BCUT2D eigenvalue weighted by atomic mass is 31.2. The second-order valence-electron chi connectivity index (χ2n) is 38.4. The van der Waals surface area contributed by atoms with Gasteiger partial charge in [-0.25, -0.2) is 25.0 Å². The Morgan fingerprint density at radius 2 is 0.808 bits per heavy atom. The number of carbonyl (C=O) groups excluding carboxylic acids is 1. The molecule has 10 aliphatic rings. The van der Waals surface area contributed by atoms with Crippen LogP contribution in [0.25, 0.3) is 0 Å². The molecule has 1 amide bonds. The van der Waals surface area contributed by atoms with Gasteiger partial charge in [-0.3, -0.25) is 4.79 Å². The molecular weight excluding hydrogens is 1710 g/mol. The van der Waals surface area contributed by atoms with E-state index in [1.165, 1.54) is 11.8 Å². The summed E-state index contributed by atoms with van der Waals surface area (Å²) in [5.74, 6) is 3.96. The van der Waals surface area contributed by atoms with Gasteiger partial charge in [-0.05, 0) is 167 Å². The van der Waals surface area contributed by atoms with E-state index in [2.05, 4.69) is 195 Å². The normalized spacial score (nSPS) is 30.6. The van der Waals surface area contributed by atoms with E-state index >= 15 is 0 Å². The van der Waals surface area contributed by atoms with Crippen LogP contribution < -0.4 is 22.5 Å². The first-order valence-electron chi connectivity index (χ1n) is 42.0. The van der Waals surface area contributed by atoms with Crippen molar-refractivity contribution in [1.29, 1.82) is 0 Å². The van der Waals surface area contributed by atoms with Gasteiger partial charge in [-0.15, -0.1) is 65.9 Å². The van der Waals surface area contributed by atoms with Crippen LogP contribution in [0, 0.1) is 0 Å². The predicted octanol–water partition coefficient (Wildman–Crippen LogP) is 5.31. The maximum atomic E-state index is 11.3. The van der Waals surface area contributed by atoms with E-state index in [1.807, 2.05) is 50.0 Å². The topological polar surface area (TPSA) is 455 Å². The molecule has 0 saturated carbocycles. The van der Waals surface area contributed by atoms with E-state index in [0.29, 0.717) is 96.5 Å². The third kappa shape index (κ3) is 30.2. The molecule has 5 unspecified atom stereocenters. The van der Waals surface area contributed by atoms with Gasteiger partial charge in [0.05, 0.1) is 43.7 Å². The summed E-state index contributed by atoms with van der Waals surface area (Å²) in [4.78, 5) is 42.8. The van der Waals surface area contributed by atoms with Crippen LogP contribution in [0.4, 0.5) is 0 Å². The molecule has 5 saturated heterocycles. The lowest BCUT2D eigenvalue weighted by Gasteiger charge is -2.37. The Balaban J connectivity index is 0.000000242. The Kier molecular flexibility index (Phi) is 38.6. The van der Waals surface area contributed by atoms with Crippen LogP contribution in [0.3, 0.4) is 0 Å². The molecule has 0 aromatic carbocycles. The minimum absolute atomic E-state index is 0.0735. The summed E-state index contributed by atoms with van der Waals surface area (Å²) in [6.45, 7) is 50.9. The highest BCUT2D eigenvalue weighted by Gasteiger charge is 2.52. The zero-order chi connectivity index (χ0) is 94.8. The van der Waals surface area contributed by atoms with E-state index in [0.717, 1.165) is 54.2 Å². The fourth-order valence-electron chi connectivity index (χ4n) is 14.0. The summed E-state index contributed by atoms with van der Waals surface area (Å²) in [5.41, 5.74) is 20.3. The highest BCUT2D eigenvalue weighted by Crippen LogP contribution is 2.46. The summed E-state index contributed by atoms with van der Waals surface area (Å²) < 4.78 is 41.6. The fourth-order valence-corrected chi connectivity index (χ4v) is 19.7. The summed E-state index contributed by atoms with van der Waals surface area (Å²) in [6, 6.07) is 0. The molecule has 39 heteroatoms. The Hall–Kier alpha value is -5.54. The fraction of sp³-hybridized carbons (Fsp3) is 0.640. The molecule has 0 aliphatic carbocycles. The summed E-state index contributed by atoms with van der Waals surface area (Å²) in [6.07, 6.45) is 25.2. The van der Waals surface area contributed by atoms with Gasteiger partial charge in [0.2, 0.25) is 5.91 Å². The Morgan fingerprint density at radius 1 is 0.496 bits per heavy atom. The van der Waals surface area contributed by atoms with Crippen molar-refractivity contribution in [1.82, 2.24) is 34.7 Å². The smallest absolute Gasteiger partial charge is 0.222 e. The number of nitrogens with two attached hydrogens (primary N) is 3. The lowest BCUT2D eigenvalue weighted by atomic mass is 10.1. The number of carbonyl (C=O) groups is 1. The average molecular weight is 1870 g/mol. The molecule has 17 N–H and O–H groups in total. The average Bonchev–Trinajstić information content (AvgIpc) is 1.50. The van der Waals surface area contributed by atoms with Crippen LogP contribution in [-0.4, -0.2) is 410 Å². The number of amides is 1. The lowest BCUT2D eigenvalue weighted by molar-refractivity contribution is -0.117. The van der Waals surface area contributed by atoms with Crippen molar-refractivity contribution in [2.75, 3.05) is 132 Å². The van der Waals surface area contributed by atoms with E-state index in [9.17, 15) is 55.9 Å². The summed E-state index contributed by atoms with van der Waals surface area (Å²) >= 11 is 0. The number of aliphatic hydroxyl groups is 10. The van der Waals surface area contributed by atoms with Crippen molar-refractivity contribution in [3.8, 4) is 0 Å². The van der Waals surface area contributed by atoms with Crippen molar-refractivity contribution in [2.45, 2.75) is 221 Å². The zero-order valence-electron chi connectivity index (χ0n) is 77.9. The monoisotopic (exact) mass is 1870 g/mol. The molecular formula is C86H152N15O18P5Si. The number of amidine groups is 5. The molecule has 125 heavy (non-hydrogen) atoms. The van der Waals surface area contributed by atoms with Gasteiger partial charge in [-0.1, -0.05) is 60.6 Å².